The molecular weight excluding hydrogens is 254 g/mol. The van der Waals surface area contributed by atoms with E-state index in [1.165, 1.54) is 17.2 Å². The lowest BCUT2D eigenvalue weighted by atomic mass is 10.1. The smallest absolute Gasteiger partial charge is 0.295 e. The lowest BCUT2D eigenvalue weighted by molar-refractivity contribution is -0.747. The van der Waals surface area contributed by atoms with Crippen molar-refractivity contribution in [1.29, 1.82) is 0 Å². The summed E-state index contributed by atoms with van der Waals surface area (Å²) in [7, 11) is 0. The second kappa shape index (κ2) is 4.38. The number of aromatic amines is 1. The molecule has 0 spiro atoms. The minimum Gasteiger partial charge on any atom is -0.394 e. The average molecular weight is 268 g/mol. The molecule has 4 unspecified atom stereocenters. The maximum atomic E-state index is 9.97. The number of imidazole rings is 1. The first-order chi connectivity index (χ1) is 9.13. The van der Waals surface area contributed by atoms with Gasteiger partial charge in [0.1, 0.15) is 18.3 Å². The van der Waals surface area contributed by atoms with Crippen molar-refractivity contribution in [2.24, 2.45) is 0 Å². The lowest BCUT2D eigenvalue weighted by Crippen LogP contribution is -2.47. The standard InChI is InChI=1S/C10H13N5O4/c11-8-5-9(13-2-12-5)15(3-14-8)10-7(18)6(17)4(1-16)19-10/h2-4,6-7,10,16-18H,1H2,(H2,11,12,13)/p+1. The molecule has 19 heavy (non-hydrogen) atoms. The summed E-state index contributed by atoms with van der Waals surface area (Å²) in [5.41, 5.74) is 6.66. The van der Waals surface area contributed by atoms with Crippen LogP contribution in [0.2, 0.25) is 0 Å². The van der Waals surface area contributed by atoms with E-state index in [0.29, 0.717) is 11.2 Å². The van der Waals surface area contributed by atoms with E-state index in [0.717, 1.165) is 0 Å². The van der Waals surface area contributed by atoms with Crippen LogP contribution in [0.4, 0.5) is 5.82 Å². The number of nitrogens with two attached hydrogens (primary N) is 1. The number of nitrogens with one attached hydrogen (secondary N) is 1. The molecule has 2 aromatic rings. The van der Waals surface area contributed by atoms with Crippen molar-refractivity contribution in [2.45, 2.75) is 24.5 Å². The number of aliphatic hydroxyl groups excluding tert-OH is 3. The molecule has 1 aliphatic rings. The Morgan fingerprint density at radius 3 is 2.84 bits per heavy atom. The van der Waals surface area contributed by atoms with Gasteiger partial charge >= 0.3 is 0 Å². The molecule has 0 bridgehead atoms. The zero-order chi connectivity index (χ0) is 13.6. The summed E-state index contributed by atoms with van der Waals surface area (Å²) < 4.78 is 6.88. The summed E-state index contributed by atoms with van der Waals surface area (Å²) in [5, 5.41) is 28.8. The van der Waals surface area contributed by atoms with Crippen LogP contribution in [0.3, 0.4) is 0 Å². The van der Waals surface area contributed by atoms with Crippen molar-refractivity contribution in [1.82, 2.24) is 15.0 Å². The summed E-state index contributed by atoms with van der Waals surface area (Å²) in [6.45, 7) is -0.388. The van der Waals surface area contributed by atoms with Crippen LogP contribution in [0.15, 0.2) is 12.7 Å². The zero-order valence-electron chi connectivity index (χ0n) is 9.84. The van der Waals surface area contributed by atoms with Gasteiger partial charge in [0.25, 0.3) is 5.65 Å². The van der Waals surface area contributed by atoms with Crippen LogP contribution in [-0.2, 0) is 4.74 Å². The fourth-order valence-electron chi connectivity index (χ4n) is 2.21. The topological polar surface area (TPSA) is 141 Å². The Morgan fingerprint density at radius 2 is 2.16 bits per heavy atom. The van der Waals surface area contributed by atoms with Crippen LogP contribution >= 0.6 is 0 Å². The van der Waals surface area contributed by atoms with Gasteiger partial charge in [-0.05, 0) is 0 Å². The molecule has 4 atom stereocenters. The number of aromatic nitrogens is 4. The molecule has 3 heterocycles. The molecule has 0 radical (unpaired) electrons. The van der Waals surface area contributed by atoms with Gasteiger partial charge in [0, 0.05) is 0 Å². The summed E-state index contributed by atoms with van der Waals surface area (Å²) in [4.78, 5) is 10.9. The van der Waals surface area contributed by atoms with Gasteiger partial charge < -0.3 is 30.8 Å². The van der Waals surface area contributed by atoms with Gasteiger partial charge in [-0.1, -0.05) is 9.97 Å². The maximum Gasteiger partial charge on any atom is 0.295 e. The minimum atomic E-state index is -1.19. The number of anilines is 1. The number of fused-ring (bicyclic) bond motifs is 1. The fraction of sp³-hybridized carbons (Fsp3) is 0.500. The molecule has 1 saturated heterocycles. The third kappa shape index (κ3) is 1.75. The molecule has 102 valence electrons. The van der Waals surface area contributed by atoms with Crippen LogP contribution in [-0.4, -0.2) is 55.2 Å². The molecule has 1 aliphatic heterocycles. The summed E-state index contributed by atoms with van der Waals surface area (Å²) in [5.74, 6) is 0.274. The van der Waals surface area contributed by atoms with Crippen LogP contribution in [0.1, 0.15) is 6.23 Å². The Hall–Kier alpha value is -1.81. The lowest BCUT2D eigenvalue weighted by Gasteiger charge is -2.13. The van der Waals surface area contributed by atoms with E-state index in [4.69, 9.17) is 15.6 Å². The molecule has 0 saturated carbocycles. The largest absolute Gasteiger partial charge is 0.394 e. The quantitative estimate of drug-likeness (QED) is 0.377. The molecule has 9 nitrogen and oxygen atoms in total. The number of aliphatic hydroxyl groups is 3. The van der Waals surface area contributed by atoms with E-state index in [1.807, 2.05) is 0 Å². The first kappa shape index (κ1) is 12.2. The monoisotopic (exact) mass is 268 g/mol. The van der Waals surface area contributed by atoms with Crippen molar-refractivity contribution < 1.29 is 24.6 Å². The predicted molar refractivity (Wildman–Crippen MR) is 61.5 cm³/mol. The number of hydrogen-bond donors (Lipinski definition) is 5. The number of nitrogen functional groups attached to an aromatic ring is 1. The van der Waals surface area contributed by atoms with Crippen molar-refractivity contribution >= 4 is 17.0 Å². The minimum absolute atomic E-state index is 0.274. The van der Waals surface area contributed by atoms with E-state index in [-0.39, 0.29) is 12.4 Å². The highest BCUT2D eigenvalue weighted by Gasteiger charge is 2.46. The molecule has 6 N–H and O–H groups in total. The zero-order valence-corrected chi connectivity index (χ0v) is 9.84. The van der Waals surface area contributed by atoms with Gasteiger partial charge in [0.15, 0.2) is 11.8 Å². The highest BCUT2D eigenvalue weighted by atomic mass is 16.6. The molecule has 3 rings (SSSR count). The van der Waals surface area contributed by atoms with E-state index in [1.54, 1.807) is 0 Å². The Morgan fingerprint density at radius 1 is 1.37 bits per heavy atom. The molecule has 0 amide bonds. The van der Waals surface area contributed by atoms with Gasteiger partial charge in [-0.2, -0.15) is 0 Å². The van der Waals surface area contributed by atoms with E-state index in [9.17, 15) is 10.2 Å². The van der Waals surface area contributed by atoms with Crippen LogP contribution in [0.5, 0.6) is 0 Å². The van der Waals surface area contributed by atoms with E-state index >= 15 is 0 Å². The van der Waals surface area contributed by atoms with Crippen molar-refractivity contribution in [2.75, 3.05) is 12.3 Å². The highest BCUT2D eigenvalue weighted by Crippen LogP contribution is 2.26. The molecule has 1 fully saturated rings. The SMILES string of the molecule is Nc1nc[n+](C2OC(CO)C(O)C2O)c2nc[nH]c12. The number of rotatable bonds is 2. The number of H-pyrrole nitrogens is 1. The van der Waals surface area contributed by atoms with E-state index in [2.05, 4.69) is 15.0 Å². The van der Waals surface area contributed by atoms with Crippen LogP contribution in [0.25, 0.3) is 11.2 Å². The van der Waals surface area contributed by atoms with Crippen molar-refractivity contribution in [3.05, 3.63) is 12.7 Å². The first-order valence-electron chi connectivity index (χ1n) is 5.74. The van der Waals surface area contributed by atoms with Gasteiger partial charge in [-0.15, -0.1) is 0 Å². The van der Waals surface area contributed by atoms with Gasteiger partial charge in [-0.25, -0.2) is 4.57 Å². The second-order valence-electron chi connectivity index (χ2n) is 4.37. The number of ether oxygens (including phenoxy) is 1. The summed E-state index contributed by atoms with van der Waals surface area (Å²) >= 11 is 0. The summed E-state index contributed by atoms with van der Waals surface area (Å²) in [6.07, 6.45) is -1.27. The van der Waals surface area contributed by atoms with Gasteiger partial charge in [0.2, 0.25) is 18.4 Å². The third-order valence-corrected chi connectivity index (χ3v) is 3.23. The van der Waals surface area contributed by atoms with Gasteiger partial charge in [0.05, 0.1) is 6.61 Å². The highest BCUT2D eigenvalue weighted by molar-refractivity contribution is 5.78. The summed E-state index contributed by atoms with van der Waals surface area (Å²) in [6, 6.07) is 0. The second-order valence-corrected chi connectivity index (χ2v) is 4.37. The Bertz CT molecular complexity index is 603. The Labute approximate surface area is 107 Å². The molecule has 0 aliphatic carbocycles. The van der Waals surface area contributed by atoms with Crippen LogP contribution < -0.4 is 10.3 Å². The Balaban J connectivity index is 2.06. The normalized spacial score (nSPS) is 31.1. The van der Waals surface area contributed by atoms with Crippen molar-refractivity contribution in [3.8, 4) is 0 Å². The number of hydrogen-bond acceptors (Lipinski definition) is 7. The van der Waals surface area contributed by atoms with Crippen LogP contribution in [0, 0.1) is 0 Å². The first-order valence-corrected chi connectivity index (χ1v) is 5.74. The maximum absolute atomic E-state index is 9.97. The predicted octanol–water partition coefficient (Wildman–Crippen LogP) is -2.56. The fourth-order valence-corrected chi connectivity index (χ4v) is 2.21. The number of nitrogens with zero attached hydrogens (tertiary/aromatic N) is 3. The van der Waals surface area contributed by atoms with Gasteiger partial charge in [-0.3, -0.25) is 0 Å². The Kier molecular flexibility index (Phi) is 2.82. The van der Waals surface area contributed by atoms with E-state index < -0.39 is 24.5 Å². The third-order valence-electron chi connectivity index (χ3n) is 3.23. The average Bonchev–Trinajstić information content (AvgIpc) is 2.99. The van der Waals surface area contributed by atoms with Crippen molar-refractivity contribution in [3.63, 3.8) is 0 Å². The molecule has 2 aromatic heterocycles. The molecule has 9 heteroatoms. The molecular formula is C10H14N5O4+. The molecule has 0 aromatic carbocycles.